The lowest BCUT2D eigenvalue weighted by Gasteiger charge is -2.20. The third-order valence-electron chi connectivity index (χ3n) is 4.00. The van der Waals surface area contributed by atoms with E-state index in [1.54, 1.807) is 0 Å². The van der Waals surface area contributed by atoms with Gasteiger partial charge in [-0.05, 0) is 31.7 Å². The lowest BCUT2D eigenvalue weighted by atomic mass is 9.86. The molecule has 1 saturated carbocycles. The van der Waals surface area contributed by atoms with Crippen LogP contribution in [0, 0.1) is 5.92 Å². The summed E-state index contributed by atoms with van der Waals surface area (Å²) in [5.41, 5.74) is 2.29. The Balaban J connectivity index is 2.03. The van der Waals surface area contributed by atoms with E-state index in [0.717, 1.165) is 31.4 Å². The van der Waals surface area contributed by atoms with Crippen molar-refractivity contribution >= 4 is 5.78 Å². The molecule has 2 rings (SSSR count). The highest BCUT2D eigenvalue weighted by Gasteiger charge is 2.22. The summed E-state index contributed by atoms with van der Waals surface area (Å²) in [5.74, 6) is 0.674. The van der Waals surface area contributed by atoms with Crippen LogP contribution in [0.4, 0.5) is 0 Å². The second kappa shape index (κ2) is 6.17. The van der Waals surface area contributed by atoms with E-state index in [4.69, 9.17) is 0 Å². The smallest absolute Gasteiger partial charge is 0.157 e. The van der Waals surface area contributed by atoms with E-state index in [9.17, 15) is 4.79 Å². The summed E-state index contributed by atoms with van der Waals surface area (Å²) < 4.78 is 1.93. The molecule has 1 fully saturated rings. The van der Waals surface area contributed by atoms with Crippen LogP contribution in [0.1, 0.15) is 57.3 Å². The van der Waals surface area contributed by atoms with Crippen molar-refractivity contribution in [2.24, 2.45) is 5.92 Å². The van der Waals surface area contributed by atoms with Gasteiger partial charge in [0.05, 0.1) is 5.69 Å². The number of hydrogen-bond donors (Lipinski definition) is 0. The fourth-order valence-electron chi connectivity index (χ4n) is 2.81. The summed E-state index contributed by atoms with van der Waals surface area (Å²) in [6.45, 7) is 4.71. The zero-order valence-corrected chi connectivity index (χ0v) is 11.6. The molecule has 0 bridgehead atoms. The van der Waals surface area contributed by atoms with Gasteiger partial charge in [-0.25, -0.2) is 0 Å². The van der Waals surface area contributed by atoms with Gasteiger partial charge in [-0.15, -0.1) is 0 Å². The number of aromatic nitrogens is 2. The summed E-state index contributed by atoms with van der Waals surface area (Å²) in [4.78, 5) is 12.3. The highest BCUT2D eigenvalue weighted by Crippen LogP contribution is 2.25. The molecule has 0 atom stereocenters. The van der Waals surface area contributed by atoms with E-state index in [2.05, 4.69) is 25.0 Å². The number of hydrogen-bond acceptors (Lipinski definition) is 2. The molecule has 0 unspecified atom stereocenters. The Hall–Kier alpha value is -1.12. The first-order valence-electron chi connectivity index (χ1n) is 7.32. The molecular weight excluding hydrogens is 224 g/mol. The third kappa shape index (κ3) is 3.01. The van der Waals surface area contributed by atoms with Crippen molar-refractivity contribution in [2.75, 3.05) is 0 Å². The summed E-state index contributed by atoms with van der Waals surface area (Å²) in [5, 5.41) is 4.53. The second-order valence-electron chi connectivity index (χ2n) is 5.29. The number of rotatable bonds is 5. The van der Waals surface area contributed by atoms with Crippen LogP contribution in [0.15, 0.2) is 6.07 Å². The van der Waals surface area contributed by atoms with Crippen molar-refractivity contribution in [2.45, 2.75) is 65.3 Å². The van der Waals surface area contributed by atoms with E-state index < -0.39 is 0 Å². The number of carbonyl (C=O) groups excluding carboxylic acids is 1. The van der Waals surface area contributed by atoms with Crippen molar-refractivity contribution in [1.82, 2.24) is 9.78 Å². The van der Waals surface area contributed by atoms with Crippen LogP contribution in [0.5, 0.6) is 0 Å². The minimum atomic E-state index is 0.290. The molecule has 18 heavy (non-hydrogen) atoms. The highest BCUT2D eigenvalue weighted by molar-refractivity contribution is 5.80. The van der Waals surface area contributed by atoms with Crippen LogP contribution in [-0.4, -0.2) is 15.6 Å². The standard InChI is InChI=1S/C15H24N2O/c1-3-13-10-14(4-2)17(16-13)11-15(18)12-8-6-5-7-9-12/h10,12H,3-9,11H2,1-2H3. The molecule has 0 amide bonds. The van der Waals surface area contributed by atoms with Gasteiger partial charge in [-0.1, -0.05) is 33.1 Å². The molecule has 0 saturated heterocycles. The van der Waals surface area contributed by atoms with Crippen molar-refractivity contribution in [3.8, 4) is 0 Å². The average Bonchev–Trinajstić information content (AvgIpc) is 2.82. The SMILES string of the molecule is CCc1cc(CC)n(CC(=O)C2CCCCC2)n1. The van der Waals surface area contributed by atoms with Gasteiger partial charge in [0, 0.05) is 11.6 Å². The largest absolute Gasteiger partial charge is 0.297 e. The quantitative estimate of drug-likeness (QED) is 0.802. The summed E-state index contributed by atoms with van der Waals surface area (Å²) in [6.07, 6.45) is 7.80. The zero-order valence-electron chi connectivity index (χ0n) is 11.6. The van der Waals surface area contributed by atoms with Crippen molar-refractivity contribution in [3.63, 3.8) is 0 Å². The maximum atomic E-state index is 12.3. The summed E-state index contributed by atoms with van der Waals surface area (Å²) in [6, 6.07) is 2.13. The predicted octanol–water partition coefficient (Wildman–Crippen LogP) is 3.16. The number of aryl methyl sites for hydroxylation is 2. The summed E-state index contributed by atoms with van der Waals surface area (Å²) >= 11 is 0. The van der Waals surface area contributed by atoms with Gasteiger partial charge < -0.3 is 0 Å². The van der Waals surface area contributed by atoms with Gasteiger partial charge in [-0.2, -0.15) is 5.10 Å². The van der Waals surface area contributed by atoms with Crippen LogP contribution in [0.2, 0.25) is 0 Å². The Bertz CT molecular complexity index is 403. The van der Waals surface area contributed by atoms with Crippen molar-refractivity contribution in [3.05, 3.63) is 17.5 Å². The van der Waals surface area contributed by atoms with Crippen LogP contribution in [0.25, 0.3) is 0 Å². The lowest BCUT2D eigenvalue weighted by Crippen LogP contribution is -2.23. The topological polar surface area (TPSA) is 34.9 Å². The molecule has 1 aromatic rings. The first kappa shape index (κ1) is 13.3. The van der Waals surface area contributed by atoms with Crippen molar-refractivity contribution in [1.29, 1.82) is 0 Å². The van der Waals surface area contributed by atoms with Gasteiger partial charge in [0.15, 0.2) is 5.78 Å². The maximum absolute atomic E-state index is 12.3. The van der Waals surface area contributed by atoms with E-state index in [1.165, 1.54) is 25.0 Å². The molecule has 0 aromatic carbocycles. The molecule has 1 heterocycles. The molecule has 1 aliphatic rings. The van der Waals surface area contributed by atoms with Crippen LogP contribution in [0.3, 0.4) is 0 Å². The molecule has 1 aliphatic carbocycles. The van der Waals surface area contributed by atoms with Gasteiger partial charge in [0.1, 0.15) is 6.54 Å². The first-order chi connectivity index (χ1) is 8.74. The number of nitrogens with zero attached hydrogens (tertiary/aromatic N) is 2. The van der Waals surface area contributed by atoms with E-state index in [1.807, 2.05) is 4.68 Å². The van der Waals surface area contributed by atoms with Gasteiger partial charge in [0.2, 0.25) is 0 Å². The van der Waals surface area contributed by atoms with Gasteiger partial charge >= 0.3 is 0 Å². The molecule has 1 aromatic heterocycles. The third-order valence-corrected chi connectivity index (χ3v) is 4.00. The Morgan fingerprint density at radius 3 is 2.61 bits per heavy atom. The van der Waals surface area contributed by atoms with Gasteiger partial charge in [0.25, 0.3) is 0 Å². The molecule has 100 valence electrons. The van der Waals surface area contributed by atoms with Crippen LogP contribution in [-0.2, 0) is 24.2 Å². The maximum Gasteiger partial charge on any atom is 0.157 e. The molecule has 0 radical (unpaired) electrons. The predicted molar refractivity (Wildman–Crippen MR) is 72.6 cm³/mol. The molecular formula is C15H24N2O. The summed E-state index contributed by atoms with van der Waals surface area (Å²) in [7, 11) is 0. The van der Waals surface area contributed by atoms with Crippen LogP contribution < -0.4 is 0 Å². The highest BCUT2D eigenvalue weighted by atomic mass is 16.1. The fourth-order valence-corrected chi connectivity index (χ4v) is 2.81. The Morgan fingerprint density at radius 1 is 1.28 bits per heavy atom. The fraction of sp³-hybridized carbons (Fsp3) is 0.733. The molecule has 3 heteroatoms. The molecule has 0 aliphatic heterocycles. The Morgan fingerprint density at radius 2 is 2.00 bits per heavy atom. The minimum absolute atomic E-state index is 0.290. The van der Waals surface area contributed by atoms with E-state index >= 15 is 0 Å². The molecule has 0 N–H and O–H groups in total. The van der Waals surface area contributed by atoms with E-state index in [-0.39, 0.29) is 5.92 Å². The number of Topliss-reactive ketones (excluding diaryl/α,β-unsaturated/α-hetero) is 1. The van der Waals surface area contributed by atoms with Crippen LogP contribution >= 0.6 is 0 Å². The zero-order chi connectivity index (χ0) is 13.0. The average molecular weight is 248 g/mol. The van der Waals surface area contributed by atoms with E-state index in [0.29, 0.717) is 12.3 Å². The van der Waals surface area contributed by atoms with Crippen molar-refractivity contribution < 1.29 is 4.79 Å². The molecule has 3 nitrogen and oxygen atoms in total. The minimum Gasteiger partial charge on any atom is -0.297 e. The first-order valence-corrected chi connectivity index (χ1v) is 7.32. The van der Waals surface area contributed by atoms with Gasteiger partial charge in [-0.3, -0.25) is 9.48 Å². The normalized spacial score (nSPS) is 17.0. The number of ketones is 1. The Kier molecular flexibility index (Phi) is 4.56. The monoisotopic (exact) mass is 248 g/mol. The number of carbonyl (C=O) groups is 1. The lowest BCUT2D eigenvalue weighted by molar-refractivity contribution is -0.124. The Labute approximate surface area is 110 Å². The second-order valence-corrected chi connectivity index (χ2v) is 5.29. The molecule has 0 spiro atoms.